The summed E-state index contributed by atoms with van der Waals surface area (Å²) in [5.41, 5.74) is 2.33. The largest absolute Gasteiger partial charge is 0.494 e. The highest BCUT2D eigenvalue weighted by Crippen LogP contribution is 2.38. The Bertz CT molecular complexity index is 1040. The van der Waals surface area contributed by atoms with Gasteiger partial charge in [-0.15, -0.1) is 11.3 Å². The van der Waals surface area contributed by atoms with Crippen LogP contribution in [0.25, 0.3) is 11.3 Å². The Morgan fingerprint density at radius 3 is 2.58 bits per heavy atom. The molecule has 0 radical (unpaired) electrons. The lowest BCUT2D eigenvalue weighted by molar-refractivity contribution is -0.122. The fourth-order valence-electron chi connectivity index (χ4n) is 4.10. The summed E-state index contributed by atoms with van der Waals surface area (Å²) in [6.07, 6.45) is 5.03. The van der Waals surface area contributed by atoms with Crippen molar-refractivity contribution in [3.05, 3.63) is 59.2 Å². The first kappa shape index (κ1) is 21.5. The molecule has 4 nitrogen and oxygen atoms in total. The highest BCUT2D eigenvalue weighted by Gasteiger charge is 2.30. The number of thiazole rings is 1. The van der Waals surface area contributed by atoms with E-state index in [1.165, 1.54) is 29.9 Å². The van der Waals surface area contributed by atoms with E-state index in [1.54, 1.807) is 17.0 Å². The summed E-state index contributed by atoms with van der Waals surface area (Å²) in [6, 6.07) is 14.0. The maximum atomic E-state index is 14.0. The van der Waals surface area contributed by atoms with Gasteiger partial charge in [-0.25, -0.2) is 9.37 Å². The molecule has 0 unspecified atom stereocenters. The number of aromatic nitrogens is 1. The van der Waals surface area contributed by atoms with Crippen molar-refractivity contribution >= 4 is 28.1 Å². The fourth-order valence-corrected chi connectivity index (χ4v) is 5.06. The molecule has 0 spiro atoms. The molecule has 0 atom stereocenters. The van der Waals surface area contributed by atoms with Gasteiger partial charge in [0.15, 0.2) is 5.13 Å². The molecular formula is C25H27FN2O2S. The number of nitrogens with zero attached hydrogens (tertiary/aromatic N) is 2. The molecule has 3 aromatic rings. The summed E-state index contributed by atoms with van der Waals surface area (Å²) in [7, 11) is 0. The number of ether oxygens (including phenoxy) is 1. The molecule has 4 rings (SSSR count). The van der Waals surface area contributed by atoms with Gasteiger partial charge in [-0.3, -0.25) is 9.69 Å². The van der Waals surface area contributed by atoms with Gasteiger partial charge in [-0.05, 0) is 69.2 Å². The first-order valence-corrected chi connectivity index (χ1v) is 11.7. The van der Waals surface area contributed by atoms with Crippen LogP contribution >= 0.6 is 11.3 Å². The summed E-state index contributed by atoms with van der Waals surface area (Å²) in [5, 5.41) is 0.586. The van der Waals surface area contributed by atoms with Crippen LogP contribution in [-0.2, 0) is 4.79 Å². The SMILES string of the molecule is CCOc1ccc(-c2nc(N(C(=O)C3CCCCC3)c3cccc(F)c3)sc2C)cc1. The summed E-state index contributed by atoms with van der Waals surface area (Å²) in [5.74, 6) is 0.416. The number of carbonyl (C=O) groups is 1. The number of benzene rings is 2. The third-order valence-electron chi connectivity index (χ3n) is 5.66. The number of aryl methyl sites for hydroxylation is 1. The van der Waals surface area contributed by atoms with E-state index in [2.05, 4.69) is 0 Å². The van der Waals surface area contributed by atoms with Gasteiger partial charge in [0.2, 0.25) is 5.91 Å². The lowest BCUT2D eigenvalue weighted by Gasteiger charge is -2.27. The number of anilines is 2. The lowest BCUT2D eigenvalue weighted by Crippen LogP contribution is -2.33. The number of halogens is 1. The van der Waals surface area contributed by atoms with Gasteiger partial charge in [0, 0.05) is 16.4 Å². The molecule has 0 N–H and O–H groups in total. The van der Waals surface area contributed by atoms with Crippen molar-refractivity contribution in [3.63, 3.8) is 0 Å². The van der Waals surface area contributed by atoms with Gasteiger partial charge in [-0.1, -0.05) is 25.3 Å². The second-order valence-electron chi connectivity index (χ2n) is 7.85. The summed E-state index contributed by atoms with van der Waals surface area (Å²) in [6.45, 7) is 4.57. The molecule has 1 aromatic heterocycles. The third-order valence-corrected chi connectivity index (χ3v) is 6.61. The molecule has 1 aliphatic carbocycles. The number of rotatable bonds is 6. The van der Waals surface area contributed by atoms with E-state index < -0.39 is 0 Å². The molecule has 6 heteroatoms. The van der Waals surface area contributed by atoms with Gasteiger partial charge in [0.1, 0.15) is 11.6 Å². The Kier molecular flexibility index (Phi) is 6.66. The molecule has 2 aromatic carbocycles. The van der Waals surface area contributed by atoms with Crippen molar-refractivity contribution in [2.75, 3.05) is 11.5 Å². The molecule has 1 fully saturated rings. The Morgan fingerprint density at radius 2 is 1.90 bits per heavy atom. The van der Waals surface area contributed by atoms with Crippen LogP contribution in [0.15, 0.2) is 48.5 Å². The number of hydrogen-bond acceptors (Lipinski definition) is 4. The van der Waals surface area contributed by atoms with E-state index in [0.717, 1.165) is 47.6 Å². The van der Waals surface area contributed by atoms with E-state index in [-0.39, 0.29) is 17.6 Å². The monoisotopic (exact) mass is 438 g/mol. The number of carbonyl (C=O) groups excluding carboxylic acids is 1. The van der Waals surface area contributed by atoms with Crippen molar-refractivity contribution in [2.24, 2.45) is 5.92 Å². The van der Waals surface area contributed by atoms with Gasteiger partial charge >= 0.3 is 0 Å². The van der Waals surface area contributed by atoms with E-state index in [9.17, 15) is 9.18 Å². The predicted octanol–water partition coefficient (Wildman–Crippen LogP) is 6.90. The minimum atomic E-state index is -0.362. The van der Waals surface area contributed by atoms with Crippen molar-refractivity contribution in [1.29, 1.82) is 0 Å². The minimum Gasteiger partial charge on any atom is -0.494 e. The summed E-state index contributed by atoms with van der Waals surface area (Å²) in [4.78, 5) is 21.0. The zero-order valence-electron chi connectivity index (χ0n) is 17.9. The van der Waals surface area contributed by atoms with Gasteiger partial charge in [-0.2, -0.15) is 0 Å². The van der Waals surface area contributed by atoms with Crippen LogP contribution in [0.3, 0.4) is 0 Å². The summed E-state index contributed by atoms with van der Waals surface area (Å²) < 4.78 is 19.6. The first-order chi connectivity index (χ1) is 15.1. The van der Waals surface area contributed by atoms with Gasteiger partial charge in [0.25, 0.3) is 0 Å². The molecule has 1 amide bonds. The Labute approximate surface area is 186 Å². The van der Waals surface area contributed by atoms with Crippen LogP contribution < -0.4 is 9.64 Å². The van der Waals surface area contributed by atoms with Crippen LogP contribution in [0, 0.1) is 18.7 Å². The van der Waals surface area contributed by atoms with E-state index in [1.807, 2.05) is 38.1 Å². The standard InChI is InChI=1S/C25H27FN2O2S/c1-3-30-22-14-12-18(13-15-22)23-17(2)31-25(27-23)28(21-11-7-10-20(26)16-21)24(29)19-8-5-4-6-9-19/h7,10-16,19H,3-6,8-9H2,1-2H3. The highest BCUT2D eigenvalue weighted by atomic mass is 32.1. The highest BCUT2D eigenvalue weighted by molar-refractivity contribution is 7.16. The average Bonchev–Trinajstić information content (AvgIpc) is 3.16. The predicted molar refractivity (Wildman–Crippen MR) is 124 cm³/mol. The van der Waals surface area contributed by atoms with Crippen molar-refractivity contribution in [2.45, 2.75) is 46.0 Å². The quantitative estimate of drug-likeness (QED) is 0.420. The molecular weight excluding hydrogens is 411 g/mol. The number of amides is 1. The normalized spacial score (nSPS) is 14.4. The molecule has 1 aliphatic rings. The molecule has 1 heterocycles. The molecule has 0 aliphatic heterocycles. The molecule has 1 saturated carbocycles. The number of hydrogen-bond donors (Lipinski definition) is 0. The van der Waals surface area contributed by atoms with Crippen LogP contribution in [0.5, 0.6) is 5.75 Å². The first-order valence-electron chi connectivity index (χ1n) is 10.9. The van der Waals surface area contributed by atoms with Gasteiger partial charge < -0.3 is 4.74 Å². The molecule has 31 heavy (non-hydrogen) atoms. The lowest BCUT2D eigenvalue weighted by atomic mass is 9.88. The van der Waals surface area contributed by atoms with Crippen molar-refractivity contribution in [3.8, 4) is 17.0 Å². The maximum absolute atomic E-state index is 14.0. The van der Waals surface area contributed by atoms with E-state index in [0.29, 0.717) is 17.4 Å². The van der Waals surface area contributed by atoms with Gasteiger partial charge in [0.05, 0.1) is 18.0 Å². The Balaban J connectivity index is 1.71. The second kappa shape index (κ2) is 9.60. The maximum Gasteiger partial charge on any atom is 0.236 e. The topological polar surface area (TPSA) is 42.4 Å². The molecule has 162 valence electrons. The Hall–Kier alpha value is -2.73. The average molecular weight is 439 g/mol. The third kappa shape index (κ3) is 4.79. The van der Waals surface area contributed by atoms with Crippen molar-refractivity contribution in [1.82, 2.24) is 4.98 Å². The summed E-state index contributed by atoms with van der Waals surface area (Å²) >= 11 is 1.47. The minimum absolute atomic E-state index is 0.0114. The Morgan fingerprint density at radius 1 is 1.16 bits per heavy atom. The molecule has 0 saturated heterocycles. The van der Waals surface area contributed by atoms with E-state index in [4.69, 9.17) is 9.72 Å². The van der Waals surface area contributed by atoms with Crippen LogP contribution in [0.2, 0.25) is 0 Å². The van der Waals surface area contributed by atoms with Crippen molar-refractivity contribution < 1.29 is 13.9 Å². The van der Waals surface area contributed by atoms with Crippen LogP contribution in [0.4, 0.5) is 15.2 Å². The second-order valence-corrected chi connectivity index (χ2v) is 9.03. The van der Waals surface area contributed by atoms with Crippen LogP contribution in [-0.4, -0.2) is 17.5 Å². The van der Waals surface area contributed by atoms with E-state index >= 15 is 0 Å². The zero-order valence-corrected chi connectivity index (χ0v) is 18.8. The smallest absolute Gasteiger partial charge is 0.236 e. The molecule has 0 bridgehead atoms. The zero-order chi connectivity index (χ0) is 21.8. The van der Waals surface area contributed by atoms with Crippen LogP contribution in [0.1, 0.15) is 43.9 Å². The fraction of sp³-hybridized carbons (Fsp3) is 0.360.